The van der Waals surface area contributed by atoms with E-state index in [4.69, 9.17) is 14.2 Å². The number of carbonyl (C=O) groups excluding carboxylic acids is 1. The zero-order valence-corrected chi connectivity index (χ0v) is 11.4. The van der Waals surface area contributed by atoms with Crippen molar-refractivity contribution in [1.29, 1.82) is 0 Å². The van der Waals surface area contributed by atoms with E-state index in [0.29, 0.717) is 23.8 Å². The SMILES string of the molecule is COc1cc(OC)c(N(C)CC(C)=O)cc1OC. The van der Waals surface area contributed by atoms with Gasteiger partial charge < -0.3 is 19.1 Å². The van der Waals surface area contributed by atoms with Crippen LogP contribution in [-0.2, 0) is 4.79 Å². The second-order valence-electron chi connectivity index (χ2n) is 3.94. The number of hydrogen-bond acceptors (Lipinski definition) is 5. The third-order valence-corrected chi connectivity index (χ3v) is 2.56. The average molecular weight is 253 g/mol. The second kappa shape index (κ2) is 6.14. The molecule has 5 heteroatoms. The molecule has 0 saturated heterocycles. The Hall–Kier alpha value is -1.91. The largest absolute Gasteiger partial charge is 0.494 e. The molecule has 1 aromatic carbocycles. The molecular formula is C13H19NO4. The van der Waals surface area contributed by atoms with E-state index in [1.54, 1.807) is 40.4 Å². The van der Waals surface area contributed by atoms with Crippen LogP contribution < -0.4 is 19.1 Å². The van der Waals surface area contributed by atoms with Crippen molar-refractivity contribution < 1.29 is 19.0 Å². The molecule has 1 rings (SSSR count). The molecule has 0 aromatic heterocycles. The molecule has 1 aromatic rings. The third kappa shape index (κ3) is 3.06. The van der Waals surface area contributed by atoms with Crippen LogP contribution in [0.1, 0.15) is 6.92 Å². The van der Waals surface area contributed by atoms with E-state index < -0.39 is 0 Å². The van der Waals surface area contributed by atoms with E-state index in [1.165, 1.54) is 0 Å². The Kier molecular flexibility index (Phi) is 4.83. The minimum absolute atomic E-state index is 0.0781. The second-order valence-corrected chi connectivity index (χ2v) is 3.94. The van der Waals surface area contributed by atoms with Crippen LogP contribution >= 0.6 is 0 Å². The lowest BCUT2D eigenvalue weighted by Gasteiger charge is -2.22. The first-order chi connectivity index (χ1) is 8.53. The summed E-state index contributed by atoms with van der Waals surface area (Å²) in [4.78, 5) is 13.0. The molecule has 100 valence electrons. The van der Waals surface area contributed by atoms with Gasteiger partial charge in [-0.05, 0) is 6.92 Å². The number of likely N-dealkylation sites (N-methyl/N-ethyl adjacent to an activating group) is 1. The highest BCUT2D eigenvalue weighted by atomic mass is 16.5. The van der Waals surface area contributed by atoms with Crippen molar-refractivity contribution in [3.8, 4) is 17.2 Å². The fraction of sp³-hybridized carbons (Fsp3) is 0.462. The number of anilines is 1. The standard InChI is InChI=1S/C13H19NO4/c1-9(15)8-14(2)10-6-12(17-4)13(18-5)7-11(10)16-3/h6-7H,8H2,1-5H3. The summed E-state index contributed by atoms with van der Waals surface area (Å²) in [7, 11) is 6.53. The summed E-state index contributed by atoms with van der Waals surface area (Å²) in [6.07, 6.45) is 0. The van der Waals surface area contributed by atoms with Crippen LogP contribution in [0, 0.1) is 0 Å². The summed E-state index contributed by atoms with van der Waals surface area (Å²) < 4.78 is 15.7. The summed E-state index contributed by atoms with van der Waals surface area (Å²) >= 11 is 0. The van der Waals surface area contributed by atoms with Gasteiger partial charge in [-0.1, -0.05) is 0 Å². The normalized spacial score (nSPS) is 9.83. The van der Waals surface area contributed by atoms with Crippen LogP contribution in [-0.4, -0.2) is 40.7 Å². The Morgan fingerprint density at radius 3 is 2.00 bits per heavy atom. The Balaban J connectivity index is 3.20. The maximum Gasteiger partial charge on any atom is 0.164 e. The maximum absolute atomic E-state index is 11.2. The summed E-state index contributed by atoms with van der Waals surface area (Å²) in [5, 5.41) is 0. The number of benzene rings is 1. The van der Waals surface area contributed by atoms with Gasteiger partial charge in [0.2, 0.25) is 0 Å². The number of Topliss-reactive ketones (excluding diaryl/α,β-unsaturated/α-hetero) is 1. The van der Waals surface area contributed by atoms with Gasteiger partial charge in [0.1, 0.15) is 11.5 Å². The van der Waals surface area contributed by atoms with Crippen LogP contribution in [0.2, 0.25) is 0 Å². The molecule has 0 saturated carbocycles. The quantitative estimate of drug-likeness (QED) is 0.772. The van der Waals surface area contributed by atoms with Gasteiger partial charge in [-0.25, -0.2) is 0 Å². The molecule has 0 bridgehead atoms. The number of rotatable bonds is 6. The molecular weight excluding hydrogens is 234 g/mol. The summed E-state index contributed by atoms with van der Waals surface area (Å²) in [6.45, 7) is 1.86. The highest BCUT2D eigenvalue weighted by Gasteiger charge is 2.15. The average Bonchev–Trinajstić information content (AvgIpc) is 2.36. The van der Waals surface area contributed by atoms with Crippen LogP contribution in [0.15, 0.2) is 12.1 Å². The van der Waals surface area contributed by atoms with Crippen molar-refractivity contribution >= 4 is 11.5 Å². The number of ether oxygens (including phenoxy) is 3. The van der Waals surface area contributed by atoms with E-state index >= 15 is 0 Å². The van der Waals surface area contributed by atoms with Gasteiger partial charge >= 0.3 is 0 Å². The van der Waals surface area contributed by atoms with Crippen molar-refractivity contribution in [2.45, 2.75) is 6.92 Å². The summed E-state index contributed by atoms with van der Waals surface area (Å²) in [5.74, 6) is 1.91. The van der Waals surface area contributed by atoms with Gasteiger partial charge in [0.05, 0.1) is 33.6 Å². The van der Waals surface area contributed by atoms with Crippen LogP contribution in [0.25, 0.3) is 0 Å². The van der Waals surface area contributed by atoms with Gasteiger partial charge in [-0.2, -0.15) is 0 Å². The summed E-state index contributed by atoms with van der Waals surface area (Å²) in [6, 6.07) is 3.53. The van der Waals surface area contributed by atoms with Crippen LogP contribution in [0.3, 0.4) is 0 Å². The third-order valence-electron chi connectivity index (χ3n) is 2.56. The Labute approximate surface area is 107 Å². The zero-order valence-electron chi connectivity index (χ0n) is 11.4. The van der Waals surface area contributed by atoms with Crippen molar-refractivity contribution in [2.24, 2.45) is 0 Å². The lowest BCUT2D eigenvalue weighted by Crippen LogP contribution is -2.24. The zero-order chi connectivity index (χ0) is 13.7. The van der Waals surface area contributed by atoms with E-state index in [-0.39, 0.29) is 5.78 Å². The molecule has 0 spiro atoms. The molecule has 0 atom stereocenters. The number of methoxy groups -OCH3 is 3. The summed E-state index contributed by atoms with van der Waals surface area (Å²) in [5.41, 5.74) is 0.783. The lowest BCUT2D eigenvalue weighted by molar-refractivity contribution is -0.115. The topological polar surface area (TPSA) is 48.0 Å². The highest BCUT2D eigenvalue weighted by Crippen LogP contribution is 2.39. The maximum atomic E-state index is 11.2. The van der Waals surface area contributed by atoms with Gasteiger partial charge in [0.15, 0.2) is 11.5 Å². The molecule has 18 heavy (non-hydrogen) atoms. The molecule has 0 aliphatic rings. The van der Waals surface area contributed by atoms with E-state index in [1.807, 2.05) is 11.9 Å². The first kappa shape index (κ1) is 14.2. The smallest absolute Gasteiger partial charge is 0.164 e. The van der Waals surface area contributed by atoms with E-state index in [2.05, 4.69) is 0 Å². The minimum Gasteiger partial charge on any atom is -0.494 e. The lowest BCUT2D eigenvalue weighted by atomic mass is 10.2. The number of hydrogen-bond donors (Lipinski definition) is 0. The first-order valence-corrected chi connectivity index (χ1v) is 5.54. The fourth-order valence-corrected chi connectivity index (χ4v) is 1.73. The Bertz CT molecular complexity index is 431. The van der Waals surface area contributed by atoms with Gasteiger partial charge in [0.25, 0.3) is 0 Å². The first-order valence-electron chi connectivity index (χ1n) is 5.54. The van der Waals surface area contributed by atoms with Crippen LogP contribution in [0.4, 0.5) is 5.69 Å². The van der Waals surface area contributed by atoms with Gasteiger partial charge in [0, 0.05) is 19.2 Å². The number of ketones is 1. The van der Waals surface area contributed by atoms with Crippen molar-refractivity contribution in [2.75, 3.05) is 39.8 Å². The molecule has 0 heterocycles. The van der Waals surface area contributed by atoms with E-state index in [9.17, 15) is 4.79 Å². The molecule has 0 aliphatic carbocycles. The molecule has 0 fully saturated rings. The van der Waals surface area contributed by atoms with Crippen LogP contribution in [0.5, 0.6) is 17.2 Å². The number of carbonyl (C=O) groups is 1. The van der Waals surface area contributed by atoms with Gasteiger partial charge in [-0.3, -0.25) is 4.79 Å². The molecule has 0 amide bonds. The van der Waals surface area contributed by atoms with Gasteiger partial charge in [-0.15, -0.1) is 0 Å². The predicted molar refractivity (Wildman–Crippen MR) is 70.0 cm³/mol. The molecule has 0 unspecified atom stereocenters. The fourth-order valence-electron chi connectivity index (χ4n) is 1.73. The molecule has 5 nitrogen and oxygen atoms in total. The molecule has 0 aliphatic heterocycles. The van der Waals surface area contributed by atoms with Crippen molar-refractivity contribution in [3.63, 3.8) is 0 Å². The Morgan fingerprint density at radius 1 is 1.06 bits per heavy atom. The van der Waals surface area contributed by atoms with E-state index in [0.717, 1.165) is 5.69 Å². The highest BCUT2D eigenvalue weighted by molar-refractivity contribution is 5.82. The molecule has 0 radical (unpaired) electrons. The minimum atomic E-state index is 0.0781. The van der Waals surface area contributed by atoms with Crippen molar-refractivity contribution in [1.82, 2.24) is 0 Å². The monoisotopic (exact) mass is 253 g/mol. The molecule has 0 N–H and O–H groups in total. The predicted octanol–water partition coefficient (Wildman–Crippen LogP) is 1.74. The Morgan fingerprint density at radius 2 is 1.56 bits per heavy atom. The van der Waals surface area contributed by atoms with Crippen molar-refractivity contribution in [3.05, 3.63) is 12.1 Å². The number of nitrogens with zero attached hydrogens (tertiary/aromatic N) is 1.